The molecule has 0 aliphatic heterocycles. The summed E-state index contributed by atoms with van der Waals surface area (Å²) in [6.45, 7) is 0. The number of nitrogens with zero attached hydrogens (tertiary/aromatic N) is 3. The lowest BCUT2D eigenvalue weighted by molar-refractivity contribution is 0.429. The quantitative estimate of drug-likeness (QED) is 0.900. The predicted octanol–water partition coefficient (Wildman–Crippen LogP) is 3.57. The van der Waals surface area contributed by atoms with Crippen molar-refractivity contribution in [2.24, 2.45) is 0 Å². The maximum absolute atomic E-state index is 5.81. The van der Waals surface area contributed by atoms with Gasteiger partial charge in [-0.15, -0.1) is 0 Å². The molecule has 3 rings (SSSR count). The molecule has 5 heteroatoms. The summed E-state index contributed by atoms with van der Waals surface area (Å²) in [6.07, 6.45) is 7.97. The molecule has 18 heavy (non-hydrogen) atoms. The first-order valence-electron chi connectivity index (χ1n) is 6.37. The van der Waals surface area contributed by atoms with Crippen LogP contribution in [0.4, 0.5) is 0 Å². The Morgan fingerprint density at radius 3 is 2.72 bits per heavy atom. The summed E-state index contributed by atoms with van der Waals surface area (Å²) in [7, 11) is 0. The molecule has 1 saturated carbocycles. The molecule has 0 aromatic carbocycles. The van der Waals surface area contributed by atoms with Crippen molar-refractivity contribution >= 4 is 11.6 Å². The normalized spacial score (nSPS) is 16.9. The van der Waals surface area contributed by atoms with Gasteiger partial charge in [-0.05, 0) is 25.0 Å². The Morgan fingerprint density at radius 1 is 1.17 bits per heavy atom. The Balaban J connectivity index is 1.82. The summed E-state index contributed by atoms with van der Waals surface area (Å²) >= 11 is 5.81. The van der Waals surface area contributed by atoms with Gasteiger partial charge in [0.2, 0.25) is 0 Å². The molecule has 94 valence electrons. The lowest BCUT2D eigenvalue weighted by Crippen LogP contribution is -2.06. The molecule has 0 amide bonds. The number of H-pyrrole nitrogens is 1. The highest BCUT2D eigenvalue weighted by Gasteiger charge is 2.19. The lowest BCUT2D eigenvalue weighted by Gasteiger charge is -2.18. The maximum atomic E-state index is 5.81. The van der Waals surface area contributed by atoms with Gasteiger partial charge in [0.25, 0.3) is 0 Å². The highest BCUT2D eigenvalue weighted by molar-refractivity contribution is 6.30. The first kappa shape index (κ1) is 11.7. The Labute approximate surface area is 111 Å². The Hall–Kier alpha value is -1.42. The van der Waals surface area contributed by atoms with Crippen molar-refractivity contribution in [1.29, 1.82) is 0 Å². The van der Waals surface area contributed by atoms with Crippen LogP contribution >= 0.6 is 11.6 Å². The zero-order chi connectivity index (χ0) is 12.4. The van der Waals surface area contributed by atoms with Gasteiger partial charge in [0, 0.05) is 12.1 Å². The minimum absolute atomic E-state index is 0.535. The molecule has 0 saturated heterocycles. The fourth-order valence-corrected chi connectivity index (χ4v) is 2.57. The van der Waals surface area contributed by atoms with E-state index in [-0.39, 0.29) is 0 Å². The van der Waals surface area contributed by atoms with Crippen molar-refractivity contribution in [2.75, 3.05) is 0 Å². The molecule has 0 radical (unpaired) electrons. The third-order valence-electron chi connectivity index (χ3n) is 3.45. The van der Waals surface area contributed by atoms with Crippen LogP contribution in [-0.4, -0.2) is 20.2 Å². The number of aromatic amines is 1. The third kappa shape index (κ3) is 2.38. The van der Waals surface area contributed by atoms with Crippen molar-refractivity contribution in [3.63, 3.8) is 0 Å². The molecule has 4 nitrogen and oxygen atoms in total. The van der Waals surface area contributed by atoms with E-state index in [1.807, 2.05) is 6.07 Å². The van der Waals surface area contributed by atoms with Crippen molar-refractivity contribution in [1.82, 2.24) is 20.2 Å². The van der Waals surface area contributed by atoms with Crippen LogP contribution in [0.25, 0.3) is 11.5 Å². The van der Waals surface area contributed by atoms with Gasteiger partial charge < -0.3 is 0 Å². The van der Waals surface area contributed by atoms with E-state index in [0.29, 0.717) is 16.8 Å². The fraction of sp³-hybridized carbons (Fsp3) is 0.462. The SMILES string of the molecule is Clc1ccc(-c2n[nH]c(C3CCCCC3)n2)nc1. The number of hydrogen-bond donors (Lipinski definition) is 1. The first-order chi connectivity index (χ1) is 8.83. The van der Waals surface area contributed by atoms with Gasteiger partial charge in [-0.3, -0.25) is 10.1 Å². The molecule has 0 bridgehead atoms. The summed E-state index contributed by atoms with van der Waals surface area (Å²) in [5.41, 5.74) is 0.762. The van der Waals surface area contributed by atoms with E-state index in [4.69, 9.17) is 11.6 Å². The molecule has 1 aliphatic rings. The van der Waals surface area contributed by atoms with Gasteiger partial charge in [0.15, 0.2) is 5.82 Å². The molecule has 2 heterocycles. The second-order valence-corrected chi connectivity index (χ2v) is 5.18. The Kier molecular flexibility index (Phi) is 3.28. The lowest BCUT2D eigenvalue weighted by atomic mass is 9.89. The van der Waals surface area contributed by atoms with Gasteiger partial charge in [0.05, 0.1) is 5.02 Å². The van der Waals surface area contributed by atoms with Gasteiger partial charge >= 0.3 is 0 Å². The summed E-state index contributed by atoms with van der Waals surface area (Å²) in [4.78, 5) is 8.79. The molecule has 1 aliphatic carbocycles. The summed E-state index contributed by atoms with van der Waals surface area (Å²) in [6, 6.07) is 3.65. The monoisotopic (exact) mass is 262 g/mol. The van der Waals surface area contributed by atoms with E-state index < -0.39 is 0 Å². The highest BCUT2D eigenvalue weighted by Crippen LogP contribution is 2.31. The molecule has 0 spiro atoms. The fourth-order valence-electron chi connectivity index (χ4n) is 2.46. The average Bonchev–Trinajstić information content (AvgIpc) is 2.90. The van der Waals surface area contributed by atoms with Crippen LogP contribution in [0.5, 0.6) is 0 Å². The molecule has 2 aromatic heterocycles. The minimum atomic E-state index is 0.535. The van der Waals surface area contributed by atoms with Crippen molar-refractivity contribution in [2.45, 2.75) is 38.0 Å². The van der Waals surface area contributed by atoms with Crippen molar-refractivity contribution in [3.05, 3.63) is 29.2 Å². The van der Waals surface area contributed by atoms with E-state index in [2.05, 4.69) is 20.2 Å². The number of halogens is 1. The number of pyridine rings is 1. The zero-order valence-electron chi connectivity index (χ0n) is 10.1. The number of hydrogen-bond acceptors (Lipinski definition) is 3. The van der Waals surface area contributed by atoms with Gasteiger partial charge in [-0.2, -0.15) is 5.10 Å². The molecule has 2 aromatic rings. The maximum Gasteiger partial charge on any atom is 0.199 e. The smallest absolute Gasteiger partial charge is 0.199 e. The first-order valence-corrected chi connectivity index (χ1v) is 6.75. The number of aromatic nitrogens is 4. The highest BCUT2D eigenvalue weighted by atomic mass is 35.5. The molecular weight excluding hydrogens is 248 g/mol. The summed E-state index contributed by atoms with van der Waals surface area (Å²) < 4.78 is 0. The van der Waals surface area contributed by atoms with E-state index in [1.54, 1.807) is 12.3 Å². The second kappa shape index (κ2) is 5.06. The standard InChI is InChI=1S/C13H15ClN4/c14-10-6-7-11(15-8-10)13-16-12(17-18-13)9-4-2-1-3-5-9/h6-9H,1-5H2,(H,16,17,18). The van der Waals surface area contributed by atoms with Crippen LogP contribution < -0.4 is 0 Å². The molecule has 1 N–H and O–H groups in total. The average molecular weight is 263 g/mol. The number of rotatable bonds is 2. The zero-order valence-corrected chi connectivity index (χ0v) is 10.8. The van der Waals surface area contributed by atoms with Crippen LogP contribution in [0.1, 0.15) is 43.8 Å². The van der Waals surface area contributed by atoms with Crippen LogP contribution in [0.15, 0.2) is 18.3 Å². The van der Waals surface area contributed by atoms with E-state index in [0.717, 1.165) is 11.5 Å². The topological polar surface area (TPSA) is 54.5 Å². The van der Waals surface area contributed by atoms with Crippen LogP contribution in [0, 0.1) is 0 Å². The van der Waals surface area contributed by atoms with E-state index in [1.165, 1.54) is 32.1 Å². The van der Waals surface area contributed by atoms with Crippen LogP contribution in [0.3, 0.4) is 0 Å². The van der Waals surface area contributed by atoms with E-state index in [9.17, 15) is 0 Å². The Morgan fingerprint density at radius 2 is 2.00 bits per heavy atom. The van der Waals surface area contributed by atoms with Crippen LogP contribution in [-0.2, 0) is 0 Å². The third-order valence-corrected chi connectivity index (χ3v) is 3.67. The Bertz CT molecular complexity index is 514. The summed E-state index contributed by atoms with van der Waals surface area (Å²) in [5.74, 6) is 2.20. The van der Waals surface area contributed by atoms with Gasteiger partial charge in [-0.25, -0.2) is 4.98 Å². The minimum Gasteiger partial charge on any atom is -0.262 e. The summed E-state index contributed by atoms with van der Waals surface area (Å²) in [5, 5.41) is 7.93. The van der Waals surface area contributed by atoms with Crippen molar-refractivity contribution in [3.8, 4) is 11.5 Å². The largest absolute Gasteiger partial charge is 0.262 e. The molecule has 0 atom stereocenters. The molecule has 1 fully saturated rings. The van der Waals surface area contributed by atoms with Gasteiger partial charge in [0.1, 0.15) is 11.5 Å². The molecular formula is C13H15ClN4. The van der Waals surface area contributed by atoms with Crippen LogP contribution in [0.2, 0.25) is 5.02 Å². The molecule has 0 unspecified atom stereocenters. The van der Waals surface area contributed by atoms with Gasteiger partial charge in [-0.1, -0.05) is 30.9 Å². The van der Waals surface area contributed by atoms with E-state index >= 15 is 0 Å². The predicted molar refractivity (Wildman–Crippen MR) is 70.4 cm³/mol. The number of nitrogens with one attached hydrogen (secondary N) is 1. The second-order valence-electron chi connectivity index (χ2n) is 4.74. The van der Waals surface area contributed by atoms with Crippen molar-refractivity contribution < 1.29 is 0 Å².